The molecule has 33 heavy (non-hydrogen) atoms. The highest BCUT2D eigenvalue weighted by atomic mass is 19.3. The first-order valence-electron chi connectivity index (χ1n) is 11.0. The van der Waals surface area contributed by atoms with E-state index in [1.807, 2.05) is 31.2 Å². The predicted molar refractivity (Wildman–Crippen MR) is 124 cm³/mol. The summed E-state index contributed by atoms with van der Waals surface area (Å²) in [6, 6.07) is 14.1. The predicted octanol–water partition coefficient (Wildman–Crippen LogP) is 3.81. The lowest BCUT2D eigenvalue weighted by Gasteiger charge is -2.29. The summed E-state index contributed by atoms with van der Waals surface area (Å²) in [6.45, 7) is 5.49. The minimum atomic E-state index is -3.21. The summed E-state index contributed by atoms with van der Waals surface area (Å²) in [4.78, 5) is 16.9. The number of halogens is 2. The van der Waals surface area contributed by atoms with Gasteiger partial charge in [-0.25, -0.2) is 0 Å². The fraction of sp³-hybridized carbons (Fsp3) is 0.400. The van der Waals surface area contributed by atoms with E-state index < -0.39 is 6.11 Å². The van der Waals surface area contributed by atoms with Crippen LogP contribution in [0.3, 0.4) is 0 Å². The Labute approximate surface area is 192 Å². The molecule has 4 rings (SSSR count). The molecular weight excluding hydrogens is 428 g/mol. The molecule has 6 nitrogen and oxygen atoms in total. The van der Waals surface area contributed by atoms with E-state index in [-0.39, 0.29) is 30.7 Å². The van der Waals surface area contributed by atoms with E-state index in [0.717, 1.165) is 30.0 Å². The number of carbonyl (C=O) groups is 1. The zero-order chi connectivity index (χ0) is 23.6. The summed E-state index contributed by atoms with van der Waals surface area (Å²) in [5, 5.41) is 12.8. The fourth-order valence-electron chi connectivity index (χ4n) is 4.44. The van der Waals surface area contributed by atoms with Crippen LogP contribution in [0.2, 0.25) is 0 Å². The molecule has 0 spiro atoms. The van der Waals surface area contributed by atoms with Crippen molar-refractivity contribution in [2.45, 2.75) is 32.4 Å². The van der Waals surface area contributed by atoms with Crippen LogP contribution in [0.5, 0.6) is 5.75 Å². The van der Waals surface area contributed by atoms with Gasteiger partial charge in [-0.15, -0.1) is 0 Å². The number of alkyl halides is 2. The molecule has 2 aliphatic rings. The third kappa shape index (κ3) is 5.89. The second kappa shape index (κ2) is 9.49. The van der Waals surface area contributed by atoms with Gasteiger partial charge >= 0.3 is 6.11 Å². The van der Waals surface area contributed by atoms with Crippen LogP contribution in [0.4, 0.5) is 20.2 Å². The maximum Gasteiger partial charge on any atom is 0.394 e. The number of nitrogens with zero attached hydrogens (tertiary/aromatic N) is 2. The maximum atomic E-state index is 13.0. The third-order valence-electron chi connectivity index (χ3n) is 6.00. The monoisotopic (exact) mass is 457 g/mol. The summed E-state index contributed by atoms with van der Waals surface area (Å²) in [6.07, 6.45) is -2.99. The molecule has 1 amide bonds. The number of hydrogen-bond acceptors (Lipinski definition) is 5. The lowest BCUT2D eigenvalue weighted by Crippen LogP contribution is -2.41. The molecule has 8 heteroatoms. The first-order valence-corrected chi connectivity index (χ1v) is 11.0. The molecule has 0 aromatic heterocycles. The lowest BCUT2D eigenvalue weighted by molar-refractivity contribution is -0.158. The number of ether oxygens (including phenoxy) is 1. The standard InChI is InChI=1S/C25H29F2N3O3/c1-17-4-3-5-20(10-17)28-24(32)11-22(16-31)30-14-18-12-29(13-19(18)15-30)21-6-8-23(9-7-21)33-25(2,26)27/h3-10,22,31H,11-16H2,1-2H3,(H,28,32). The number of aliphatic hydroxyl groups is 1. The van der Waals surface area contributed by atoms with Crippen LogP contribution in [0.25, 0.3) is 0 Å². The molecule has 2 aromatic rings. The van der Waals surface area contributed by atoms with Gasteiger partial charge in [0.05, 0.1) is 6.61 Å². The maximum absolute atomic E-state index is 13.0. The van der Waals surface area contributed by atoms with Gasteiger partial charge in [0, 0.05) is 56.9 Å². The van der Waals surface area contributed by atoms with Crippen LogP contribution in [-0.4, -0.2) is 60.8 Å². The molecule has 0 bridgehead atoms. The number of carbonyl (C=O) groups excluding carboxylic acids is 1. The van der Waals surface area contributed by atoms with Gasteiger partial charge in [-0.2, -0.15) is 8.78 Å². The van der Waals surface area contributed by atoms with E-state index in [9.17, 15) is 18.7 Å². The van der Waals surface area contributed by atoms with E-state index in [1.54, 1.807) is 24.3 Å². The van der Waals surface area contributed by atoms with E-state index in [4.69, 9.17) is 0 Å². The highest BCUT2D eigenvalue weighted by molar-refractivity contribution is 5.91. The number of aryl methyl sites for hydroxylation is 1. The number of amides is 1. The minimum absolute atomic E-state index is 0.0883. The summed E-state index contributed by atoms with van der Waals surface area (Å²) >= 11 is 0. The minimum Gasteiger partial charge on any atom is -0.433 e. The average molecular weight is 458 g/mol. The van der Waals surface area contributed by atoms with Gasteiger partial charge < -0.3 is 20.1 Å². The molecule has 1 atom stereocenters. The second-order valence-corrected chi connectivity index (χ2v) is 8.83. The Kier molecular flexibility index (Phi) is 6.67. The van der Waals surface area contributed by atoms with Gasteiger partial charge in [0.2, 0.25) is 5.91 Å². The van der Waals surface area contributed by atoms with Gasteiger partial charge in [0.1, 0.15) is 5.75 Å². The highest BCUT2D eigenvalue weighted by Crippen LogP contribution is 2.32. The molecule has 0 saturated carbocycles. The van der Waals surface area contributed by atoms with E-state index in [0.29, 0.717) is 20.0 Å². The number of anilines is 2. The van der Waals surface area contributed by atoms with Gasteiger partial charge in [0.25, 0.3) is 0 Å². The smallest absolute Gasteiger partial charge is 0.394 e. The Morgan fingerprint density at radius 3 is 2.36 bits per heavy atom. The fourth-order valence-corrected chi connectivity index (χ4v) is 4.44. The molecule has 1 unspecified atom stereocenters. The average Bonchev–Trinajstić information content (AvgIpc) is 3.31. The Morgan fingerprint density at radius 2 is 1.79 bits per heavy atom. The van der Waals surface area contributed by atoms with Crippen LogP contribution in [0.1, 0.15) is 18.9 Å². The highest BCUT2D eigenvalue weighted by Gasteiger charge is 2.34. The molecule has 0 aliphatic carbocycles. The summed E-state index contributed by atoms with van der Waals surface area (Å²) < 4.78 is 30.6. The number of aliphatic hydroxyl groups excluding tert-OH is 1. The van der Waals surface area contributed by atoms with E-state index in [1.165, 1.54) is 11.1 Å². The van der Waals surface area contributed by atoms with Crippen molar-refractivity contribution in [3.8, 4) is 5.75 Å². The van der Waals surface area contributed by atoms with Crippen LogP contribution < -0.4 is 15.0 Å². The molecule has 2 heterocycles. The van der Waals surface area contributed by atoms with Crippen molar-refractivity contribution in [1.29, 1.82) is 0 Å². The first kappa shape index (κ1) is 23.2. The first-order chi connectivity index (χ1) is 15.7. The van der Waals surface area contributed by atoms with E-state index >= 15 is 0 Å². The Bertz CT molecular complexity index is 1020. The molecule has 0 fully saturated rings. The van der Waals surface area contributed by atoms with Crippen molar-refractivity contribution in [2.75, 3.05) is 43.0 Å². The molecule has 0 radical (unpaired) electrons. The van der Waals surface area contributed by atoms with Crippen LogP contribution in [-0.2, 0) is 4.79 Å². The van der Waals surface area contributed by atoms with Crippen molar-refractivity contribution in [2.24, 2.45) is 0 Å². The van der Waals surface area contributed by atoms with Crippen LogP contribution >= 0.6 is 0 Å². The van der Waals surface area contributed by atoms with Gasteiger partial charge in [-0.1, -0.05) is 12.1 Å². The van der Waals surface area contributed by atoms with Gasteiger partial charge in [0.15, 0.2) is 0 Å². The molecule has 0 saturated heterocycles. The van der Waals surface area contributed by atoms with Crippen molar-refractivity contribution >= 4 is 17.3 Å². The molecule has 176 valence electrons. The topological polar surface area (TPSA) is 65.0 Å². The SMILES string of the molecule is Cc1cccc(NC(=O)CC(CO)N2CC3=C(CN(c4ccc(OC(C)(F)F)cc4)C3)C2)c1. The number of rotatable bonds is 8. The largest absolute Gasteiger partial charge is 0.433 e. The number of nitrogens with one attached hydrogen (secondary N) is 1. The Balaban J connectivity index is 1.29. The number of hydrogen-bond donors (Lipinski definition) is 2. The van der Waals surface area contributed by atoms with Crippen molar-refractivity contribution in [3.63, 3.8) is 0 Å². The molecule has 2 aromatic carbocycles. The summed E-state index contributed by atoms with van der Waals surface area (Å²) in [5.74, 6) is 0.0140. The second-order valence-electron chi connectivity index (χ2n) is 8.83. The molecule has 2 aliphatic heterocycles. The Hall–Kier alpha value is -2.97. The van der Waals surface area contributed by atoms with Crippen molar-refractivity contribution in [3.05, 3.63) is 65.2 Å². The Morgan fingerprint density at radius 1 is 1.12 bits per heavy atom. The summed E-state index contributed by atoms with van der Waals surface area (Å²) in [7, 11) is 0. The molecule has 2 N–H and O–H groups in total. The summed E-state index contributed by atoms with van der Waals surface area (Å²) in [5.41, 5.74) is 5.34. The zero-order valence-corrected chi connectivity index (χ0v) is 18.9. The van der Waals surface area contributed by atoms with Gasteiger partial charge in [-0.05, 0) is 60.0 Å². The van der Waals surface area contributed by atoms with Crippen LogP contribution in [0.15, 0.2) is 59.7 Å². The quantitative estimate of drug-likeness (QED) is 0.591. The zero-order valence-electron chi connectivity index (χ0n) is 18.9. The van der Waals surface area contributed by atoms with Crippen LogP contribution in [0, 0.1) is 6.92 Å². The van der Waals surface area contributed by atoms with E-state index in [2.05, 4.69) is 19.9 Å². The van der Waals surface area contributed by atoms with Crippen molar-refractivity contribution < 1.29 is 23.4 Å². The van der Waals surface area contributed by atoms with Gasteiger partial charge in [-0.3, -0.25) is 9.69 Å². The molecular formula is C25H29F2N3O3. The third-order valence-corrected chi connectivity index (χ3v) is 6.00. The number of benzene rings is 2. The normalized spacial score (nSPS) is 17.3. The lowest BCUT2D eigenvalue weighted by atomic mass is 10.1. The van der Waals surface area contributed by atoms with Crippen molar-refractivity contribution in [1.82, 2.24) is 4.90 Å².